The number of methoxy groups -OCH3 is 2. The van der Waals surface area contributed by atoms with Crippen molar-refractivity contribution in [1.29, 1.82) is 0 Å². The van der Waals surface area contributed by atoms with E-state index in [0.29, 0.717) is 19.8 Å². The molecule has 0 aliphatic carbocycles. The minimum absolute atomic E-state index is 0.184. The molecule has 0 rings (SSSR count). The fourth-order valence-corrected chi connectivity index (χ4v) is 1.30. The zero-order valence-electron chi connectivity index (χ0n) is 12.3. The van der Waals surface area contributed by atoms with Crippen molar-refractivity contribution >= 4 is 6.09 Å². The van der Waals surface area contributed by atoms with Gasteiger partial charge in [0.2, 0.25) is 0 Å². The standard InChI is InChI=1S/C13H27NO5/c1-4-5-8-18-9-6-7-14-13(15)19-11-12(17-3)10-16-2/h12H,4-11H2,1-3H3,(H,14,15). The highest BCUT2D eigenvalue weighted by atomic mass is 16.6. The summed E-state index contributed by atoms with van der Waals surface area (Å²) in [7, 11) is 3.13. The third kappa shape index (κ3) is 11.9. The normalized spacial score (nSPS) is 12.2. The number of alkyl carbamates (subject to hydrolysis) is 1. The summed E-state index contributed by atoms with van der Waals surface area (Å²) in [5, 5.41) is 2.66. The van der Waals surface area contributed by atoms with E-state index < -0.39 is 6.09 Å². The van der Waals surface area contributed by atoms with E-state index in [1.807, 2.05) is 0 Å². The van der Waals surface area contributed by atoms with Crippen molar-refractivity contribution in [2.24, 2.45) is 0 Å². The monoisotopic (exact) mass is 277 g/mol. The van der Waals surface area contributed by atoms with E-state index in [4.69, 9.17) is 18.9 Å². The van der Waals surface area contributed by atoms with E-state index >= 15 is 0 Å². The maximum atomic E-state index is 11.3. The van der Waals surface area contributed by atoms with Gasteiger partial charge in [-0.3, -0.25) is 0 Å². The molecule has 1 N–H and O–H groups in total. The van der Waals surface area contributed by atoms with Crippen LogP contribution in [0.3, 0.4) is 0 Å². The lowest BCUT2D eigenvalue weighted by molar-refractivity contribution is -0.0112. The summed E-state index contributed by atoms with van der Waals surface area (Å²) in [5.41, 5.74) is 0. The first-order valence-electron chi connectivity index (χ1n) is 6.74. The van der Waals surface area contributed by atoms with Gasteiger partial charge in [-0.25, -0.2) is 4.79 Å². The van der Waals surface area contributed by atoms with Crippen molar-refractivity contribution in [3.63, 3.8) is 0 Å². The zero-order chi connectivity index (χ0) is 14.3. The highest BCUT2D eigenvalue weighted by Crippen LogP contribution is 1.93. The Kier molecular flexibility index (Phi) is 13.0. The fraction of sp³-hybridized carbons (Fsp3) is 0.923. The number of hydrogen-bond donors (Lipinski definition) is 1. The molecule has 0 aromatic heterocycles. The molecule has 6 nitrogen and oxygen atoms in total. The first-order chi connectivity index (χ1) is 9.24. The molecule has 1 amide bonds. The minimum atomic E-state index is -0.438. The largest absolute Gasteiger partial charge is 0.447 e. The molecule has 0 bridgehead atoms. The van der Waals surface area contributed by atoms with Crippen LogP contribution in [0.2, 0.25) is 0 Å². The average Bonchev–Trinajstić information content (AvgIpc) is 2.42. The maximum absolute atomic E-state index is 11.3. The SMILES string of the molecule is CCCCOCCCNC(=O)OCC(COC)OC. The highest BCUT2D eigenvalue weighted by molar-refractivity contribution is 5.67. The molecule has 0 saturated heterocycles. The van der Waals surface area contributed by atoms with Crippen LogP contribution in [0.1, 0.15) is 26.2 Å². The summed E-state index contributed by atoms with van der Waals surface area (Å²) < 4.78 is 20.4. The van der Waals surface area contributed by atoms with Crippen LogP contribution < -0.4 is 5.32 Å². The molecule has 0 aliphatic heterocycles. The Morgan fingerprint density at radius 2 is 1.89 bits per heavy atom. The summed E-state index contributed by atoms with van der Waals surface area (Å²) >= 11 is 0. The van der Waals surface area contributed by atoms with Gasteiger partial charge in [-0.15, -0.1) is 0 Å². The summed E-state index contributed by atoms with van der Waals surface area (Å²) in [5.74, 6) is 0. The molecule has 1 unspecified atom stereocenters. The van der Waals surface area contributed by atoms with Crippen LogP contribution in [0.5, 0.6) is 0 Å². The number of rotatable bonds is 12. The first-order valence-corrected chi connectivity index (χ1v) is 6.74. The number of hydrogen-bond acceptors (Lipinski definition) is 5. The molecule has 0 saturated carbocycles. The van der Waals surface area contributed by atoms with Crippen LogP contribution >= 0.6 is 0 Å². The number of carbonyl (C=O) groups is 1. The third-order valence-corrected chi connectivity index (χ3v) is 2.46. The lowest BCUT2D eigenvalue weighted by Crippen LogP contribution is -2.31. The molecule has 0 aromatic carbocycles. The topological polar surface area (TPSA) is 66.0 Å². The summed E-state index contributed by atoms with van der Waals surface area (Å²) in [4.78, 5) is 11.3. The molecule has 0 radical (unpaired) electrons. The van der Waals surface area contributed by atoms with Crippen molar-refractivity contribution in [2.45, 2.75) is 32.3 Å². The molecule has 1 atom stereocenters. The quantitative estimate of drug-likeness (QED) is 0.549. The summed E-state index contributed by atoms with van der Waals surface area (Å²) in [6.45, 7) is 4.70. The van der Waals surface area contributed by atoms with Crippen molar-refractivity contribution < 1.29 is 23.7 Å². The van der Waals surface area contributed by atoms with E-state index in [9.17, 15) is 4.79 Å². The highest BCUT2D eigenvalue weighted by Gasteiger charge is 2.10. The molecule has 6 heteroatoms. The van der Waals surface area contributed by atoms with Gasteiger partial charge < -0.3 is 24.3 Å². The molecule has 0 fully saturated rings. The Balaban J connectivity index is 3.38. The Morgan fingerprint density at radius 1 is 1.16 bits per heavy atom. The lowest BCUT2D eigenvalue weighted by Gasteiger charge is -2.14. The van der Waals surface area contributed by atoms with E-state index in [-0.39, 0.29) is 12.7 Å². The second-order valence-electron chi connectivity index (χ2n) is 4.16. The third-order valence-electron chi connectivity index (χ3n) is 2.46. The maximum Gasteiger partial charge on any atom is 0.407 e. The predicted octanol–water partition coefficient (Wildman–Crippen LogP) is 1.58. The van der Waals surface area contributed by atoms with E-state index in [0.717, 1.165) is 25.9 Å². The second kappa shape index (κ2) is 13.6. The molecular formula is C13H27NO5. The Bertz CT molecular complexity index is 213. The molecule has 0 aliphatic rings. The molecule has 0 heterocycles. The summed E-state index contributed by atoms with van der Waals surface area (Å²) in [6.07, 6.45) is 2.32. The Labute approximate surface area is 115 Å². The lowest BCUT2D eigenvalue weighted by atomic mass is 10.4. The smallest absolute Gasteiger partial charge is 0.407 e. The molecule has 0 aromatic rings. The Morgan fingerprint density at radius 3 is 2.53 bits per heavy atom. The van der Waals surface area contributed by atoms with E-state index in [2.05, 4.69) is 12.2 Å². The van der Waals surface area contributed by atoms with Crippen LogP contribution in [0.15, 0.2) is 0 Å². The van der Waals surface area contributed by atoms with Crippen LogP contribution in [-0.2, 0) is 18.9 Å². The van der Waals surface area contributed by atoms with Crippen LogP contribution in [-0.4, -0.2) is 59.4 Å². The Hall–Kier alpha value is -0.850. The fourth-order valence-electron chi connectivity index (χ4n) is 1.30. The van der Waals surface area contributed by atoms with Gasteiger partial charge in [0, 0.05) is 34.0 Å². The van der Waals surface area contributed by atoms with E-state index in [1.165, 1.54) is 0 Å². The average molecular weight is 277 g/mol. The number of carbonyl (C=O) groups excluding carboxylic acids is 1. The minimum Gasteiger partial charge on any atom is -0.447 e. The predicted molar refractivity (Wildman–Crippen MR) is 72.4 cm³/mol. The molecule has 19 heavy (non-hydrogen) atoms. The van der Waals surface area contributed by atoms with Crippen LogP contribution in [0.25, 0.3) is 0 Å². The van der Waals surface area contributed by atoms with Crippen molar-refractivity contribution in [2.75, 3.05) is 47.2 Å². The van der Waals surface area contributed by atoms with Gasteiger partial charge in [0.05, 0.1) is 6.61 Å². The van der Waals surface area contributed by atoms with E-state index in [1.54, 1.807) is 14.2 Å². The van der Waals surface area contributed by atoms with Gasteiger partial charge in [0.15, 0.2) is 0 Å². The second-order valence-corrected chi connectivity index (χ2v) is 4.16. The molecular weight excluding hydrogens is 250 g/mol. The van der Waals surface area contributed by atoms with Crippen LogP contribution in [0.4, 0.5) is 4.79 Å². The number of ether oxygens (including phenoxy) is 4. The van der Waals surface area contributed by atoms with Gasteiger partial charge in [0.25, 0.3) is 0 Å². The number of unbranched alkanes of at least 4 members (excludes halogenated alkanes) is 1. The summed E-state index contributed by atoms with van der Waals surface area (Å²) in [6, 6.07) is 0. The van der Waals surface area contributed by atoms with Gasteiger partial charge in [-0.2, -0.15) is 0 Å². The molecule has 0 spiro atoms. The molecule has 114 valence electrons. The zero-order valence-corrected chi connectivity index (χ0v) is 12.3. The van der Waals surface area contributed by atoms with Crippen molar-refractivity contribution in [3.8, 4) is 0 Å². The van der Waals surface area contributed by atoms with Gasteiger partial charge in [-0.1, -0.05) is 13.3 Å². The first kappa shape index (κ1) is 18.1. The van der Waals surface area contributed by atoms with Crippen molar-refractivity contribution in [3.05, 3.63) is 0 Å². The van der Waals surface area contributed by atoms with Gasteiger partial charge in [-0.05, 0) is 12.8 Å². The number of amides is 1. The van der Waals surface area contributed by atoms with Gasteiger partial charge >= 0.3 is 6.09 Å². The van der Waals surface area contributed by atoms with Gasteiger partial charge in [0.1, 0.15) is 12.7 Å². The number of nitrogens with one attached hydrogen (secondary N) is 1. The van der Waals surface area contributed by atoms with Crippen LogP contribution in [0, 0.1) is 0 Å². The van der Waals surface area contributed by atoms with Crippen molar-refractivity contribution in [1.82, 2.24) is 5.32 Å².